The minimum Gasteiger partial charge on any atom is -0.486 e. The molecule has 31 heavy (non-hydrogen) atoms. The number of amides is 1. The first-order chi connectivity index (χ1) is 14.8. The lowest BCUT2D eigenvalue weighted by molar-refractivity contribution is -0.120. The van der Waals surface area contributed by atoms with Gasteiger partial charge in [0.15, 0.2) is 5.76 Å². The summed E-state index contributed by atoms with van der Waals surface area (Å²) in [6.07, 6.45) is 3.56. The van der Waals surface area contributed by atoms with Gasteiger partial charge in [-0.25, -0.2) is 0 Å². The van der Waals surface area contributed by atoms with Crippen molar-refractivity contribution in [3.8, 4) is 0 Å². The maximum atomic E-state index is 13.2. The van der Waals surface area contributed by atoms with Crippen molar-refractivity contribution >= 4 is 23.4 Å². The summed E-state index contributed by atoms with van der Waals surface area (Å²) < 4.78 is 5.79. The quantitative estimate of drug-likeness (QED) is 0.711. The number of benzene rings is 1. The Bertz CT molecular complexity index is 954. The summed E-state index contributed by atoms with van der Waals surface area (Å²) in [5, 5.41) is 0. The molecule has 6 heteroatoms. The number of carbonyl (C=O) groups is 1. The maximum Gasteiger partial charge on any atom is 0.293 e. The first-order valence-corrected chi connectivity index (χ1v) is 11.0. The fourth-order valence-electron chi connectivity index (χ4n) is 3.99. The van der Waals surface area contributed by atoms with Crippen LogP contribution in [-0.2, 0) is 14.9 Å². The number of likely N-dealkylation sites (N-methyl/N-ethyl adjacent to an activating group) is 1. The van der Waals surface area contributed by atoms with Gasteiger partial charge in [-0.05, 0) is 42.3 Å². The maximum absolute atomic E-state index is 13.2. The summed E-state index contributed by atoms with van der Waals surface area (Å²) in [5.41, 5.74) is 4.05. The zero-order valence-corrected chi connectivity index (χ0v) is 19.0. The van der Waals surface area contributed by atoms with Crippen molar-refractivity contribution in [3.63, 3.8) is 0 Å². The number of morpholine rings is 1. The Kier molecular flexibility index (Phi) is 6.01. The van der Waals surface area contributed by atoms with Crippen LogP contribution in [0.25, 0.3) is 6.08 Å². The summed E-state index contributed by atoms with van der Waals surface area (Å²) in [7, 11) is 2.14. The van der Waals surface area contributed by atoms with Gasteiger partial charge in [0.2, 0.25) is 0 Å². The highest BCUT2D eigenvalue weighted by Gasteiger charge is 2.27. The third kappa shape index (κ3) is 4.74. The summed E-state index contributed by atoms with van der Waals surface area (Å²) in [4.78, 5) is 24.2. The molecule has 0 N–H and O–H groups in total. The molecule has 4 rings (SSSR count). The Labute approximate surface area is 185 Å². The molecule has 0 bridgehead atoms. The van der Waals surface area contributed by atoms with Crippen LogP contribution in [0.5, 0.6) is 0 Å². The van der Waals surface area contributed by atoms with Gasteiger partial charge in [-0.2, -0.15) is 0 Å². The highest BCUT2D eigenvalue weighted by molar-refractivity contribution is 6.07. The zero-order valence-electron chi connectivity index (χ0n) is 19.0. The van der Waals surface area contributed by atoms with E-state index in [-0.39, 0.29) is 11.3 Å². The molecule has 0 aliphatic carbocycles. The molecule has 1 aromatic heterocycles. The SMILES string of the molecule is CN1CCN(c2cccnc2C=C2OCCN(c3ccc(C(C)(C)C)cc3)C2=O)CC1. The Morgan fingerprint density at radius 2 is 1.71 bits per heavy atom. The van der Waals surface area contributed by atoms with Crippen molar-refractivity contribution in [2.24, 2.45) is 0 Å². The number of aromatic nitrogens is 1. The largest absolute Gasteiger partial charge is 0.486 e. The van der Waals surface area contributed by atoms with Gasteiger partial charge in [0.1, 0.15) is 6.61 Å². The molecule has 2 saturated heterocycles. The molecule has 1 amide bonds. The van der Waals surface area contributed by atoms with E-state index in [0.717, 1.165) is 43.2 Å². The number of piperazine rings is 1. The third-order valence-corrected chi connectivity index (χ3v) is 6.00. The molecule has 0 atom stereocenters. The van der Waals surface area contributed by atoms with Gasteiger partial charge >= 0.3 is 0 Å². The van der Waals surface area contributed by atoms with Crippen molar-refractivity contribution in [1.82, 2.24) is 9.88 Å². The second kappa shape index (κ2) is 8.71. The van der Waals surface area contributed by atoms with E-state index in [4.69, 9.17) is 4.74 Å². The number of carbonyl (C=O) groups excluding carboxylic acids is 1. The highest BCUT2D eigenvalue weighted by atomic mass is 16.5. The van der Waals surface area contributed by atoms with Gasteiger partial charge in [-0.1, -0.05) is 32.9 Å². The zero-order chi connectivity index (χ0) is 22.0. The first-order valence-electron chi connectivity index (χ1n) is 11.0. The Hall–Kier alpha value is -2.86. The minimum atomic E-state index is -0.121. The van der Waals surface area contributed by atoms with Crippen LogP contribution < -0.4 is 9.80 Å². The molecule has 2 aromatic rings. The van der Waals surface area contributed by atoms with Crippen molar-refractivity contribution in [3.05, 3.63) is 59.6 Å². The van der Waals surface area contributed by atoms with Gasteiger partial charge in [-0.3, -0.25) is 9.78 Å². The monoisotopic (exact) mass is 420 g/mol. The van der Waals surface area contributed by atoms with Crippen LogP contribution in [0, 0.1) is 0 Å². The number of hydrogen-bond donors (Lipinski definition) is 0. The van der Waals surface area contributed by atoms with Crippen LogP contribution >= 0.6 is 0 Å². The predicted octanol–water partition coefficient (Wildman–Crippen LogP) is 3.54. The Balaban J connectivity index is 1.57. The number of ether oxygens (including phenoxy) is 1. The summed E-state index contributed by atoms with van der Waals surface area (Å²) in [6.45, 7) is 11.5. The second-order valence-electron chi connectivity index (χ2n) is 9.31. The van der Waals surface area contributed by atoms with Gasteiger partial charge in [0.05, 0.1) is 17.9 Å². The van der Waals surface area contributed by atoms with Gasteiger partial charge < -0.3 is 19.4 Å². The van der Waals surface area contributed by atoms with Crippen LogP contribution in [0.15, 0.2) is 48.4 Å². The lowest BCUT2D eigenvalue weighted by Crippen LogP contribution is -2.44. The molecule has 6 nitrogen and oxygen atoms in total. The van der Waals surface area contributed by atoms with Crippen LogP contribution in [0.1, 0.15) is 32.0 Å². The predicted molar refractivity (Wildman–Crippen MR) is 125 cm³/mol. The highest BCUT2D eigenvalue weighted by Crippen LogP contribution is 2.28. The topological polar surface area (TPSA) is 48.9 Å². The first kappa shape index (κ1) is 21.4. The molecular formula is C25H32N4O2. The summed E-state index contributed by atoms with van der Waals surface area (Å²) in [5.74, 6) is 0.227. The number of rotatable bonds is 3. The van der Waals surface area contributed by atoms with Crippen LogP contribution in [-0.4, -0.2) is 62.2 Å². The number of pyridine rings is 1. The van der Waals surface area contributed by atoms with Crippen LogP contribution in [0.3, 0.4) is 0 Å². The van der Waals surface area contributed by atoms with Gasteiger partial charge in [-0.15, -0.1) is 0 Å². The lowest BCUT2D eigenvalue weighted by Gasteiger charge is -2.34. The molecule has 1 aromatic carbocycles. The molecule has 2 aliphatic heterocycles. The normalized spacial score (nSPS) is 19.6. The molecule has 2 fully saturated rings. The number of anilines is 2. The fraction of sp³-hybridized carbons (Fsp3) is 0.440. The lowest BCUT2D eigenvalue weighted by atomic mass is 9.87. The molecule has 164 valence electrons. The molecule has 0 unspecified atom stereocenters. The third-order valence-electron chi connectivity index (χ3n) is 6.00. The minimum absolute atomic E-state index is 0.0806. The smallest absolute Gasteiger partial charge is 0.293 e. The summed E-state index contributed by atoms with van der Waals surface area (Å²) >= 11 is 0. The van der Waals surface area contributed by atoms with E-state index in [1.165, 1.54) is 5.56 Å². The van der Waals surface area contributed by atoms with Crippen molar-refractivity contribution in [2.75, 3.05) is 56.2 Å². The van der Waals surface area contributed by atoms with Gasteiger partial charge in [0, 0.05) is 44.1 Å². The van der Waals surface area contributed by atoms with Crippen LogP contribution in [0.2, 0.25) is 0 Å². The molecule has 3 heterocycles. The van der Waals surface area contributed by atoms with E-state index in [2.05, 4.69) is 60.8 Å². The van der Waals surface area contributed by atoms with E-state index in [0.29, 0.717) is 18.9 Å². The van der Waals surface area contributed by atoms with Crippen molar-refractivity contribution < 1.29 is 9.53 Å². The number of nitrogens with zero attached hydrogens (tertiary/aromatic N) is 4. The van der Waals surface area contributed by atoms with Gasteiger partial charge in [0.25, 0.3) is 5.91 Å². The van der Waals surface area contributed by atoms with E-state index in [9.17, 15) is 4.79 Å². The van der Waals surface area contributed by atoms with Crippen molar-refractivity contribution in [1.29, 1.82) is 0 Å². The van der Waals surface area contributed by atoms with E-state index in [1.54, 1.807) is 17.2 Å². The molecule has 0 spiro atoms. The average Bonchev–Trinajstić information content (AvgIpc) is 2.76. The van der Waals surface area contributed by atoms with Crippen LogP contribution in [0.4, 0.5) is 11.4 Å². The fourth-order valence-corrected chi connectivity index (χ4v) is 3.99. The van der Waals surface area contributed by atoms with E-state index >= 15 is 0 Å². The second-order valence-corrected chi connectivity index (χ2v) is 9.31. The molecule has 0 radical (unpaired) electrons. The summed E-state index contributed by atoms with van der Waals surface area (Å²) in [6, 6.07) is 12.3. The van der Waals surface area contributed by atoms with E-state index < -0.39 is 0 Å². The molecule has 0 saturated carbocycles. The Morgan fingerprint density at radius 3 is 2.39 bits per heavy atom. The van der Waals surface area contributed by atoms with Crippen molar-refractivity contribution in [2.45, 2.75) is 26.2 Å². The standard InChI is InChI=1S/C25H32N4O2/c1-25(2,3)19-7-9-20(10-8-19)29-16-17-31-23(24(29)30)18-21-22(6-5-11-26-21)28-14-12-27(4)13-15-28/h5-11,18H,12-17H2,1-4H3. The molecular weight excluding hydrogens is 388 g/mol. The molecule has 2 aliphatic rings. The number of hydrogen-bond acceptors (Lipinski definition) is 5. The Morgan fingerprint density at radius 1 is 1.00 bits per heavy atom. The average molecular weight is 421 g/mol. The van der Waals surface area contributed by atoms with E-state index in [1.807, 2.05) is 18.2 Å².